The normalized spacial score (nSPS) is 21.4. The van der Waals surface area contributed by atoms with E-state index >= 15 is 0 Å². The molecular weight excluding hydrogens is 230 g/mol. The van der Waals surface area contributed by atoms with E-state index in [0.717, 1.165) is 6.42 Å². The van der Waals surface area contributed by atoms with Crippen LogP contribution in [-0.2, 0) is 6.42 Å². The number of benzene rings is 1. The summed E-state index contributed by atoms with van der Waals surface area (Å²) in [5.74, 6) is 0.622. The minimum absolute atomic E-state index is 0.559. The summed E-state index contributed by atoms with van der Waals surface area (Å²) in [5.41, 5.74) is 5.73. The molecule has 0 N–H and O–H groups in total. The molecule has 0 bridgehead atoms. The standard InChI is InChI=1S/C18H22N/c1-4-15-8-9-16-17(12-15)13(2)11-14(3)19-10-6-5-7-18(16)19/h5-10,12-14H,4,11H2,1-3H3/q+1. The molecule has 2 heterocycles. The number of fused-ring (bicyclic) bond motifs is 3. The van der Waals surface area contributed by atoms with E-state index in [4.69, 9.17) is 0 Å². The third kappa shape index (κ3) is 2.07. The van der Waals surface area contributed by atoms with Gasteiger partial charge in [-0.1, -0.05) is 26.0 Å². The molecule has 1 aliphatic heterocycles. The fourth-order valence-corrected chi connectivity index (χ4v) is 3.29. The zero-order valence-electron chi connectivity index (χ0n) is 12.1. The molecule has 0 fully saturated rings. The Hall–Kier alpha value is -1.63. The topological polar surface area (TPSA) is 3.88 Å². The Bertz CT molecular complexity index is 600. The van der Waals surface area contributed by atoms with Crippen LogP contribution < -0.4 is 4.57 Å². The summed E-state index contributed by atoms with van der Waals surface area (Å²) in [5, 5.41) is 0. The van der Waals surface area contributed by atoms with Gasteiger partial charge < -0.3 is 0 Å². The SMILES string of the molecule is CCc1ccc2c(c1)C(C)CC(C)[n+]1ccccc1-2. The first-order valence-corrected chi connectivity index (χ1v) is 7.34. The molecule has 19 heavy (non-hydrogen) atoms. The van der Waals surface area contributed by atoms with Crippen molar-refractivity contribution in [3.05, 3.63) is 53.7 Å². The molecule has 1 aromatic heterocycles. The van der Waals surface area contributed by atoms with Gasteiger partial charge in [-0.3, -0.25) is 0 Å². The summed E-state index contributed by atoms with van der Waals surface area (Å²) in [6.45, 7) is 6.92. The Labute approximate surface area is 115 Å². The molecule has 2 unspecified atom stereocenters. The number of pyridine rings is 1. The predicted molar refractivity (Wildman–Crippen MR) is 79.2 cm³/mol. The Morgan fingerprint density at radius 1 is 1.16 bits per heavy atom. The van der Waals surface area contributed by atoms with Crippen LogP contribution in [0.15, 0.2) is 42.6 Å². The molecule has 0 spiro atoms. The van der Waals surface area contributed by atoms with Gasteiger partial charge in [0, 0.05) is 24.1 Å². The highest BCUT2D eigenvalue weighted by Gasteiger charge is 2.29. The van der Waals surface area contributed by atoms with Crippen molar-refractivity contribution < 1.29 is 4.57 Å². The second-order valence-electron chi connectivity index (χ2n) is 5.75. The van der Waals surface area contributed by atoms with E-state index in [1.807, 2.05) is 0 Å². The van der Waals surface area contributed by atoms with E-state index in [2.05, 4.69) is 67.9 Å². The first-order chi connectivity index (χ1) is 9.20. The number of hydrogen-bond donors (Lipinski definition) is 0. The van der Waals surface area contributed by atoms with Crippen LogP contribution >= 0.6 is 0 Å². The van der Waals surface area contributed by atoms with Gasteiger partial charge in [0.05, 0.1) is 0 Å². The summed E-state index contributed by atoms with van der Waals surface area (Å²) in [4.78, 5) is 0. The van der Waals surface area contributed by atoms with E-state index < -0.39 is 0 Å². The molecular formula is C18H22N+. The molecule has 1 aliphatic rings. The number of aromatic nitrogens is 1. The third-order valence-corrected chi connectivity index (χ3v) is 4.39. The highest BCUT2D eigenvalue weighted by Crippen LogP contribution is 2.35. The fraction of sp³-hybridized carbons (Fsp3) is 0.389. The van der Waals surface area contributed by atoms with Gasteiger partial charge in [0.25, 0.3) is 0 Å². The summed E-state index contributed by atoms with van der Waals surface area (Å²) in [7, 11) is 0. The fourth-order valence-electron chi connectivity index (χ4n) is 3.29. The number of rotatable bonds is 1. The van der Waals surface area contributed by atoms with Gasteiger partial charge in [-0.05, 0) is 42.5 Å². The summed E-state index contributed by atoms with van der Waals surface area (Å²) in [6.07, 6.45) is 4.54. The smallest absolute Gasteiger partial charge is 0.196 e. The lowest BCUT2D eigenvalue weighted by Gasteiger charge is -2.12. The summed E-state index contributed by atoms with van der Waals surface area (Å²) in [6, 6.07) is 14.1. The van der Waals surface area contributed by atoms with E-state index in [0.29, 0.717) is 12.0 Å². The molecule has 0 radical (unpaired) electrons. The molecule has 3 rings (SSSR count). The minimum Gasteiger partial charge on any atom is -0.196 e. The molecule has 0 saturated heterocycles. The van der Waals surface area contributed by atoms with Crippen LogP contribution in [0.3, 0.4) is 0 Å². The molecule has 2 aromatic rings. The second kappa shape index (κ2) is 4.80. The average Bonchev–Trinajstić information content (AvgIpc) is 2.55. The van der Waals surface area contributed by atoms with Crippen molar-refractivity contribution in [2.24, 2.45) is 0 Å². The summed E-state index contributed by atoms with van der Waals surface area (Å²) >= 11 is 0. The van der Waals surface area contributed by atoms with E-state index in [9.17, 15) is 0 Å². The molecule has 1 nitrogen and oxygen atoms in total. The van der Waals surface area contributed by atoms with Crippen molar-refractivity contribution in [3.63, 3.8) is 0 Å². The van der Waals surface area contributed by atoms with Crippen LogP contribution in [0.25, 0.3) is 11.3 Å². The number of aryl methyl sites for hydroxylation is 1. The van der Waals surface area contributed by atoms with Crippen LogP contribution in [0.1, 0.15) is 50.3 Å². The second-order valence-corrected chi connectivity index (χ2v) is 5.75. The van der Waals surface area contributed by atoms with Crippen molar-refractivity contribution in [2.75, 3.05) is 0 Å². The summed E-state index contributed by atoms with van der Waals surface area (Å²) < 4.78 is 2.42. The Morgan fingerprint density at radius 2 is 2.00 bits per heavy atom. The van der Waals surface area contributed by atoms with E-state index in [1.165, 1.54) is 28.8 Å². The molecule has 0 aliphatic carbocycles. The van der Waals surface area contributed by atoms with Gasteiger partial charge in [0.15, 0.2) is 12.2 Å². The lowest BCUT2D eigenvalue weighted by atomic mass is 9.90. The monoisotopic (exact) mass is 252 g/mol. The van der Waals surface area contributed by atoms with Gasteiger partial charge >= 0.3 is 0 Å². The first-order valence-electron chi connectivity index (χ1n) is 7.34. The van der Waals surface area contributed by atoms with Crippen molar-refractivity contribution in [3.8, 4) is 11.3 Å². The van der Waals surface area contributed by atoms with Crippen molar-refractivity contribution in [1.29, 1.82) is 0 Å². The molecule has 0 saturated carbocycles. The van der Waals surface area contributed by atoms with Gasteiger partial charge in [0.2, 0.25) is 5.69 Å². The Balaban J connectivity index is 2.25. The maximum atomic E-state index is 2.42. The van der Waals surface area contributed by atoms with Gasteiger partial charge in [-0.2, -0.15) is 4.57 Å². The van der Waals surface area contributed by atoms with E-state index in [-0.39, 0.29) is 0 Å². The number of hydrogen-bond acceptors (Lipinski definition) is 0. The highest BCUT2D eigenvalue weighted by molar-refractivity contribution is 5.63. The lowest BCUT2D eigenvalue weighted by Crippen LogP contribution is -2.38. The van der Waals surface area contributed by atoms with E-state index in [1.54, 1.807) is 0 Å². The van der Waals surface area contributed by atoms with Gasteiger partial charge in [-0.25, -0.2) is 0 Å². The molecule has 98 valence electrons. The largest absolute Gasteiger partial charge is 0.212 e. The molecule has 1 heteroatoms. The maximum Gasteiger partial charge on any atom is 0.212 e. The Morgan fingerprint density at radius 3 is 2.79 bits per heavy atom. The predicted octanol–water partition coefficient (Wildman–Crippen LogP) is 4.27. The lowest BCUT2D eigenvalue weighted by molar-refractivity contribution is -0.709. The van der Waals surface area contributed by atoms with Crippen molar-refractivity contribution in [1.82, 2.24) is 0 Å². The van der Waals surface area contributed by atoms with Crippen LogP contribution in [-0.4, -0.2) is 0 Å². The third-order valence-electron chi connectivity index (χ3n) is 4.39. The van der Waals surface area contributed by atoms with Crippen LogP contribution in [0.2, 0.25) is 0 Å². The zero-order chi connectivity index (χ0) is 13.4. The number of nitrogens with zero attached hydrogens (tertiary/aromatic N) is 1. The van der Waals surface area contributed by atoms with Crippen molar-refractivity contribution >= 4 is 0 Å². The van der Waals surface area contributed by atoms with Crippen molar-refractivity contribution in [2.45, 2.75) is 45.6 Å². The van der Waals surface area contributed by atoms with Crippen LogP contribution in [0.4, 0.5) is 0 Å². The molecule has 2 atom stereocenters. The average molecular weight is 252 g/mol. The van der Waals surface area contributed by atoms with Crippen LogP contribution in [0, 0.1) is 0 Å². The van der Waals surface area contributed by atoms with Gasteiger partial charge in [0.1, 0.15) is 0 Å². The first kappa shape index (κ1) is 12.4. The zero-order valence-corrected chi connectivity index (χ0v) is 12.1. The van der Waals surface area contributed by atoms with Crippen LogP contribution in [0.5, 0.6) is 0 Å². The molecule has 0 amide bonds. The minimum atomic E-state index is 0.559. The highest BCUT2D eigenvalue weighted by atomic mass is 15.0. The maximum absolute atomic E-state index is 2.42. The van der Waals surface area contributed by atoms with Gasteiger partial charge in [-0.15, -0.1) is 0 Å². The Kier molecular flexibility index (Phi) is 3.14. The molecule has 1 aromatic carbocycles. The quantitative estimate of drug-likeness (QED) is 0.667.